The number of rotatable bonds is 11. The minimum Gasteiger partial charge on any atom is -0.508 e. The van der Waals surface area contributed by atoms with Gasteiger partial charge in [0, 0.05) is 48.4 Å². The molecule has 17 nitrogen and oxygen atoms in total. The van der Waals surface area contributed by atoms with Gasteiger partial charge < -0.3 is 39.9 Å². The molecule has 1 unspecified atom stereocenters. The van der Waals surface area contributed by atoms with Crippen molar-refractivity contribution in [2.24, 2.45) is 0 Å². The van der Waals surface area contributed by atoms with Gasteiger partial charge in [-0.1, -0.05) is 33.8 Å². The number of aryl methyl sites for hydroxylation is 1. The third kappa shape index (κ3) is 6.56. The first-order valence-corrected chi connectivity index (χ1v) is 19.5. The number of benzene rings is 2. The molecule has 308 valence electrons. The van der Waals surface area contributed by atoms with E-state index in [1.165, 1.54) is 21.7 Å². The van der Waals surface area contributed by atoms with Gasteiger partial charge in [0.1, 0.15) is 18.1 Å². The largest absolute Gasteiger partial charge is 0.508 e. The van der Waals surface area contributed by atoms with Crippen LogP contribution in [-0.4, -0.2) is 85.7 Å². The van der Waals surface area contributed by atoms with Crippen molar-refractivity contribution >= 4 is 28.9 Å². The number of amides is 2. The number of nitrogens with one attached hydrogen (secondary N) is 1. The van der Waals surface area contributed by atoms with Crippen LogP contribution in [0.2, 0.25) is 0 Å². The van der Waals surface area contributed by atoms with Crippen LogP contribution < -0.4 is 10.9 Å². The van der Waals surface area contributed by atoms with Crippen LogP contribution in [0.1, 0.15) is 84.0 Å². The van der Waals surface area contributed by atoms with Gasteiger partial charge in [-0.15, -0.1) is 10.2 Å². The zero-order valence-electron chi connectivity index (χ0n) is 33.3. The molecule has 0 radical (unpaired) electrons. The number of aromatic nitrogens is 6. The topological polar surface area (TPSA) is 235 Å². The number of carbonyl (C=O) groups is 3. The van der Waals surface area contributed by atoms with Gasteiger partial charge in [-0.25, -0.2) is 14.6 Å². The van der Waals surface area contributed by atoms with Gasteiger partial charge in [0.05, 0.1) is 46.5 Å². The lowest BCUT2D eigenvalue weighted by molar-refractivity contribution is -0.172. The molecule has 4 aromatic heterocycles. The number of aliphatic hydroxyl groups is 1. The molecule has 2 aliphatic rings. The number of carbonyl (C=O) groups excluding carboxylic acids is 2. The highest BCUT2D eigenvalue weighted by Gasteiger charge is 2.45. The number of ether oxygens (including phenoxy) is 1. The molecule has 0 fully saturated rings. The summed E-state index contributed by atoms with van der Waals surface area (Å²) >= 11 is 0. The molecule has 17 heteroatoms. The Morgan fingerprint density at radius 3 is 2.53 bits per heavy atom. The second-order valence-electron chi connectivity index (χ2n) is 15.2. The zero-order valence-corrected chi connectivity index (χ0v) is 33.3. The number of hydrogen-bond donors (Lipinski definition) is 5. The Bertz CT molecular complexity index is 2800. The molecule has 2 aliphatic heterocycles. The standard InChI is InChI=1S/C43H42N8O9/c1-5-25-27-14-23(9-10-32(27)46-36-29(25)20-50-33(36)16-31-30(40(50)55)21-60-41(56)43(31,59)6-2)19-49(42(57)58)13-12-45-39(54)38-48-47-37(51(38)24-8-7-11-44-18-24)28-15-26(22(3)4)34(52)17-35(28)53/h7-11,14-18,22,52-53,59H,5-6,12-13,19-21H2,1-4H3,(H,45,54)(H,57,58). The van der Waals surface area contributed by atoms with Crippen LogP contribution in [-0.2, 0) is 41.2 Å². The minimum absolute atomic E-state index is 0.00819. The van der Waals surface area contributed by atoms with Crippen molar-refractivity contribution in [3.63, 3.8) is 0 Å². The Hall–Kier alpha value is -7.14. The molecule has 0 aliphatic carbocycles. The van der Waals surface area contributed by atoms with Gasteiger partial charge in [-0.3, -0.25) is 19.1 Å². The van der Waals surface area contributed by atoms with E-state index in [9.17, 15) is 39.6 Å². The normalized spacial score (nSPS) is 15.4. The van der Waals surface area contributed by atoms with E-state index < -0.39 is 23.6 Å². The Morgan fingerprint density at radius 2 is 1.83 bits per heavy atom. The second kappa shape index (κ2) is 15.2. The molecule has 5 N–H and O–H groups in total. The van der Waals surface area contributed by atoms with Crippen LogP contribution in [0.4, 0.5) is 4.79 Å². The molecule has 0 saturated heterocycles. The SMILES string of the molecule is CCc1c2c(nc3ccc(CN(CCNC(=O)c4nnc(-c5cc(C(C)C)c(O)cc5O)n4-c4cccnc4)C(=O)O)cc13)-c1cc3c(c(=O)n1C2)COC(=O)C3(O)CC. The molecule has 6 heterocycles. The fourth-order valence-electron chi connectivity index (χ4n) is 8.13. The van der Waals surface area contributed by atoms with Gasteiger partial charge in [0.15, 0.2) is 11.4 Å². The molecule has 0 bridgehead atoms. The summed E-state index contributed by atoms with van der Waals surface area (Å²) < 4.78 is 8.22. The maximum Gasteiger partial charge on any atom is 0.407 e. The first kappa shape index (κ1) is 39.7. The van der Waals surface area contributed by atoms with E-state index in [-0.39, 0.29) is 90.5 Å². The number of esters is 1. The summed E-state index contributed by atoms with van der Waals surface area (Å²) in [5.41, 5.74) is 3.56. The summed E-state index contributed by atoms with van der Waals surface area (Å²) in [4.78, 5) is 62.8. The summed E-state index contributed by atoms with van der Waals surface area (Å²) in [6, 6.07) is 13.3. The highest BCUT2D eigenvalue weighted by atomic mass is 16.6. The molecule has 0 saturated carbocycles. The summed E-state index contributed by atoms with van der Waals surface area (Å²) in [5, 5.41) is 54.7. The van der Waals surface area contributed by atoms with Crippen molar-refractivity contribution in [3.8, 4) is 40.0 Å². The number of hydrogen-bond acceptors (Lipinski definition) is 12. The van der Waals surface area contributed by atoms with E-state index in [0.29, 0.717) is 40.1 Å². The number of fused-ring (bicyclic) bond motifs is 5. The van der Waals surface area contributed by atoms with Gasteiger partial charge in [-0.2, -0.15) is 0 Å². The van der Waals surface area contributed by atoms with E-state index in [0.717, 1.165) is 16.5 Å². The van der Waals surface area contributed by atoms with Crippen molar-refractivity contribution in [3.05, 3.63) is 110 Å². The molecule has 8 rings (SSSR count). The number of cyclic esters (lactones) is 1. The fourth-order valence-corrected chi connectivity index (χ4v) is 8.13. The smallest absolute Gasteiger partial charge is 0.407 e. The highest BCUT2D eigenvalue weighted by molar-refractivity contribution is 5.92. The number of pyridine rings is 3. The first-order valence-electron chi connectivity index (χ1n) is 19.5. The molecule has 2 amide bonds. The quantitative estimate of drug-likeness (QED) is 0.111. The fraction of sp³-hybridized carbons (Fsp3) is 0.302. The third-order valence-electron chi connectivity index (χ3n) is 11.3. The predicted octanol–water partition coefficient (Wildman–Crippen LogP) is 4.73. The molecule has 0 spiro atoms. The number of phenols is 2. The number of carboxylic acid groups (broad SMARTS) is 1. The third-order valence-corrected chi connectivity index (χ3v) is 11.3. The molecule has 2 aromatic carbocycles. The highest BCUT2D eigenvalue weighted by Crippen LogP contribution is 2.41. The molecule has 6 aromatic rings. The maximum absolute atomic E-state index is 13.7. The lowest BCUT2D eigenvalue weighted by atomic mass is 9.86. The lowest BCUT2D eigenvalue weighted by Crippen LogP contribution is -2.44. The van der Waals surface area contributed by atoms with Crippen LogP contribution in [0, 0.1) is 0 Å². The average molecular weight is 815 g/mol. The second-order valence-corrected chi connectivity index (χ2v) is 15.2. The van der Waals surface area contributed by atoms with Crippen molar-refractivity contribution in [2.45, 2.75) is 71.8 Å². The Balaban J connectivity index is 1.04. The number of aromatic hydroxyl groups is 2. The van der Waals surface area contributed by atoms with Crippen molar-refractivity contribution < 1.29 is 39.5 Å². The minimum atomic E-state index is -1.94. The van der Waals surface area contributed by atoms with Crippen molar-refractivity contribution in [1.29, 1.82) is 0 Å². The van der Waals surface area contributed by atoms with E-state index in [1.807, 2.05) is 26.8 Å². The molecular formula is C43H42N8O9. The van der Waals surface area contributed by atoms with Crippen molar-refractivity contribution in [2.75, 3.05) is 13.1 Å². The van der Waals surface area contributed by atoms with Crippen LogP contribution in [0.3, 0.4) is 0 Å². The molecule has 60 heavy (non-hydrogen) atoms. The van der Waals surface area contributed by atoms with Crippen LogP contribution in [0.5, 0.6) is 11.5 Å². The van der Waals surface area contributed by atoms with E-state index in [1.54, 1.807) is 54.1 Å². The van der Waals surface area contributed by atoms with Crippen LogP contribution >= 0.6 is 0 Å². The molecular weight excluding hydrogens is 773 g/mol. The summed E-state index contributed by atoms with van der Waals surface area (Å²) in [6.07, 6.45) is 2.48. The van der Waals surface area contributed by atoms with Gasteiger partial charge in [-0.05, 0) is 71.8 Å². The van der Waals surface area contributed by atoms with Gasteiger partial charge in [0.2, 0.25) is 5.82 Å². The van der Waals surface area contributed by atoms with Crippen molar-refractivity contribution in [1.82, 2.24) is 39.5 Å². The summed E-state index contributed by atoms with van der Waals surface area (Å²) in [5.74, 6) is -1.88. The molecule has 1 atom stereocenters. The first-order chi connectivity index (χ1) is 28.7. The predicted molar refractivity (Wildman–Crippen MR) is 217 cm³/mol. The van der Waals surface area contributed by atoms with Crippen LogP contribution in [0.25, 0.3) is 39.4 Å². The van der Waals surface area contributed by atoms with E-state index in [4.69, 9.17) is 9.72 Å². The van der Waals surface area contributed by atoms with Crippen LogP contribution in [0.15, 0.2) is 65.7 Å². The average Bonchev–Trinajstić information content (AvgIpc) is 3.84. The van der Waals surface area contributed by atoms with Gasteiger partial charge >= 0.3 is 12.1 Å². The Labute approximate surface area is 342 Å². The van der Waals surface area contributed by atoms with E-state index >= 15 is 0 Å². The van der Waals surface area contributed by atoms with E-state index in [2.05, 4.69) is 20.5 Å². The monoisotopic (exact) mass is 814 g/mol. The number of nitrogens with zero attached hydrogens (tertiary/aromatic N) is 7. The Morgan fingerprint density at radius 1 is 1.03 bits per heavy atom. The van der Waals surface area contributed by atoms with Gasteiger partial charge in [0.25, 0.3) is 11.5 Å². The lowest BCUT2D eigenvalue weighted by Gasteiger charge is -2.31. The Kier molecular flexibility index (Phi) is 10.1. The summed E-state index contributed by atoms with van der Waals surface area (Å²) in [6.45, 7) is 7.26. The number of phenolic OH excluding ortho intramolecular Hbond substituents is 2. The maximum atomic E-state index is 13.7. The summed E-state index contributed by atoms with van der Waals surface area (Å²) in [7, 11) is 0. The zero-order chi connectivity index (χ0) is 42.6.